The number of hydrogen-bond acceptors (Lipinski definition) is 12. The van der Waals surface area contributed by atoms with Crippen LogP contribution in [0, 0.1) is 17.0 Å². The first-order chi connectivity index (χ1) is 23.3. The fourth-order valence-corrected chi connectivity index (χ4v) is 4.89. The number of azo groups is 2. The number of hydrogen-bond donors (Lipinski definition) is 1. The summed E-state index contributed by atoms with van der Waals surface area (Å²) in [6, 6.07) is 25.2. The van der Waals surface area contributed by atoms with Crippen LogP contribution in [0.25, 0.3) is 16.5 Å². The van der Waals surface area contributed by atoms with Crippen molar-refractivity contribution in [2.24, 2.45) is 25.6 Å². The predicted molar refractivity (Wildman–Crippen MR) is 173 cm³/mol. The maximum atomic E-state index is 12.5. The van der Waals surface area contributed by atoms with Crippen molar-refractivity contribution < 1.29 is 46.9 Å². The largest absolute Gasteiger partial charge is 3.00 e. The summed E-state index contributed by atoms with van der Waals surface area (Å²) in [5.74, 6) is -1.40. The molecule has 0 aliphatic rings. The molecule has 50 heavy (non-hydrogen) atoms. The van der Waals surface area contributed by atoms with Gasteiger partial charge in [-0.2, -0.15) is 15.3 Å². The van der Waals surface area contributed by atoms with E-state index in [1.165, 1.54) is 10.7 Å². The van der Waals surface area contributed by atoms with E-state index in [4.69, 9.17) is 5.14 Å². The molecule has 2 N–H and O–H groups in total. The molecule has 5 aromatic carbocycles. The number of nitro groups is 1. The zero-order chi connectivity index (χ0) is 35.3. The van der Waals surface area contributed by atoms with Crippen LogP contribution in [0.5, 0.6) is 17.2 Å². The van der Waals surface area contributed by atoms with Crippen LogP contribution >= 0.6 is 0 Å². The summed E-state index contributed by atoms with van der Waals surface area (Å²) < 4.78 is 23.9. The Morgan fingerprint density at radius 1 is 0.760 bits per heavy atom. The molecule has 0 saturated heterocycles. The molecule has 0 fully saturated rings. The molecule has 6 rings (SSSR count). The van der Waals surface area contributed by atoms with E-state index in [1.807, 2.05) is 12.1 Å². The van der Waals surface area contributed by atoms with Crippen molar-refractivity contribution in [2.75, 3.05) is 0 Å². The number of non-ortho nitro benzene ring substituents is 1. The number of aromatic nitrogens is 2. The molecule has 0 saturated carbocycles. The Morgan fingerprint density at radius 2 is 1.34 bits per heavy atom. The molecule has 0 aliphatic carbocycles. The second kappa shape index (κ2) is 15.3. The van der Waals surface area contributed by atoms with E-state index in [0.29, 0.717) is 16.8 Å². The zero-order valence-electron chi connectivity index (χ0n) is 26.5. The Balaban J connectivity index is 0.000000267. The van der Waals surface area contributed by atoms with Gasteiger partial charge in [0.2, 0.25) is 10.0 Å². The van der Waals surface area contributed by atoms with Gasteiger partial charge in [-0.3, -0.25) is 14.9 Å². The summed E-state index contributed by atoms with van der Waals surface area (Å²) in [6.45, 7) is 1.58. The van der Waals surface area contributed by atoms with E-state index in [9.17, 15) is 38.6 Å². The Hall–Kier alpha value is -6.21. The minimum absolute atomic E-state index is 0. The summed E-state index contributed by atoms with van der Waals surface area (Å²) >= 11 is 0. The van der Waals surface area contributed by atoms with Gasteiger partial charge < -0.3 is 25.1 Å². The maximum absolute atomic E-state index is 12.5. The normalized spacial score (nSPS) is 11.3. The van der Waals surface area contributed by atoms with Crippen molar-refractivity contribution in [1.82, 2.24) is 9.78 Å². The van der Waals surface area contributed by atoms with Crippen molar-refractivity contribution in [1.29, 1.82) is 0 Å². The molecule has 0 atom stereocenters. The molecule has 16 nitrogen and oxygen atoms in total. The number of fused-ring (bicyclic) bond motifs is 1. The Labute approximate surface area is 294 Å². The fraction of sp³-hybridized carbons (Fsp3) is 0.0312. The van der Waals surface area contributed by atoms with Gasteiger partial charge in [0.25, 0.3) is 11.2 Å². The van der Waals surface area contributed by atoms with Gasteiger partial charge in [-0.05, 0) is 29.7 Å². The third-order valence-electron chi connectivity index (χ3n) is 6.78. The average Bonchev–Trinajstić information content (AvgIpc) is 3.36. The van der Waals surface area contributed by atoms with Crippen molar-refractivity contribution in [3.05, 3.63) is 129 Å². The monoisotopic (exact) mass is 738 g/mol. The molecule has 18 heteroatoms. The molecule has 0 radical (unpaired) electrons. The second-order valence-electron chi connectivity index (χ2n) is 10.1. The van der Waals surface area contributed by atoms with Crippen LogP contribution in [0.2, 0.25) is 0 Å². The van der Waals surface area contributed by atoms with Crippen LogP contribution < -0.4 is 31.1 Å². The molecule has 0 aliphatic heterocycles. The van der Waals surface area contributed by atoms with Crippen LogP contribution in [0.15, 0.2) is 133 Å². The first kappa shape index (κ1) is 36.6. The van der Waals surface area contributed by atoms with E-state index >= 15 is 0 Å². The molecule has 0 spiro atoms. The SMILES string of the molecule is Cc1[n-]n(-c2ccccc2)c(=O)c1N=Nc1cc(S(N)(=O)=O)ccc1[O-].O=[N+]([O-])c1ccc([O-])c(N=Nc2c([O-])ccc3ccccc23)c1.[Co+3].[H+]. The minimum atomic E-state index is -3.99. The van der Waals surface area contributed by atoms with Crippen LogP contribution in [0.3, 0.4) is 0 Å². The van der Waals surface area contributed by atoms with Gasteiger partial charge in [-0.25, -0.2) is 13.6 Å². The van der Waals surface area contributed by atoms with Crippen LogP contribution in [-0.4, -0.2) is 18.0 Å². The quantitative estimate of drug-likeness (QED) is 0.135. The average molecular weight is 739 g/mol. The molecule has 1 aromatic heterocycles. The predicted octanol–water partition coefficient (Wildman–Crippen LogP) is 4.66. The van der Waals surface area contributed by atoms with Crippen LogP contribution in [-0.2, 0) is 26.8 Å². The topological polar surface area (TPSA) is 258 Å². The third-order valence-corrected chi connectivity index (χ3v) is 7.69. The Kier molecular flexibility index (Phi) is 11.2. The molecule has 6 aromatic rings. The standard InChI is InChI=1S/C16H15N5O4S.C16H11N3O4.Co/c1-10-15(16(23)21(20-10)11-5-3-2-4-6-11)19-18-13-9-12(26(17,24)25)7-8-14(13)22;20-14-8-6-11(19(22)23)9-13(14)17-18-16-12-4-2-1-3-10(12)5-7-15(16)21;/h2-9H,1H3,(H4,17,18,19,20,22,23,24,25);1-9,20-21H;/q;;+3/p-3. The number of para-hydroxylation sites is 1. The molecule has 0 bridgehead atoms. The summed E-state index contributed by atoms with van der Waals surface area (Å²) in [6.07, 6.45) is 0. The van der Waals surface area contributed by atoms with Gasteiger partial charge in [-0.15, -0.1) is 10.8 Å². The summed E-state index contributed by atoms with van der Waals surface area (Å²) in [5.41, 5.74) is -0.288. The van der Waals surface area contributed by atoms with Crippen molar-refractivity contribution in [3.8, 4) is 22.9 Å². The van der Waals surface area contributed by atoms with E-state index in [1.54, 1.807) is 55.5 Å². The van der Waals surface area contributed by atoms with E-state index in [2.05, 4.69) is 25.6 Å². The van der Waals surface area contributed by atoms with Gasteiger partial charge in [0.15, 0.2) is 0 Å². The Bertz CT molecular complexity index is 2440. The number of nitro benzene ring substituents is 1. The number of sulfonamides is 1. The smallest absolute Gasteiger partial charge is 0.871 e. The minimum Gasteiger partial charge on any atom is -0.871 e. The first-order valence-corrected chi connectivity index (χ1v) is 15.5. The first-order valence-electron chi connectivity index (χ1n) is 14.0. The second-order valence-corrected chi connectivity index (χ2v) is 11.7. The number of benzene rings is 5. The van der Waals surface area contributed by atoms with Gasteiger partial charge in [0.05, 0.1) is 26.9 Å². The van der Waals surface area contributed by atoms with Crippen molar-refractivity contribution in [3.63, 3.8) is 0 Å². The van der Waals surface area contributed by atoms with Gasteiger partial charge >= 0.3 is 18.2 Å². The number of rotatable bonds is 7. The molecular weight excluding hydrogens is 715 g/mol. The number of nitrogens with two attached hydrogens (primary N) is 1. The summed E-state index contributed by atoms with van der Waals surface area (Å²) in [7, 11) is -3.99. The van der Waals surface area contributed by atoms with Gasteiger partial charge in [0, 0.05) is 23.2 Å². The fourth-order valence-electron chi connectivity index (χ4n) is 4.35. The van der Waals surface area contributed by atoms with E-state index < -0.39 is 32.0 Å². The summed E-state index contributed by atoms with van der Waals surface area (Å²) in [4.78, 5) is 22.3. The molecular formula is C32H23CoN8O8S. The maximum Gasteiger partial charge on any atom is 3.00 e. The van der Waals surface area contributed by atoms with Crippen LogP contribution in [0.1, 0.15) is 7.12 Å². The van der Waals surface area contributed by atoms with Crippen molar-refractivity contribution in [2.45, 2.75) is 11.8 Å². The van der Waals surface area contributed by atoms with Gasteiger partial charge in [0.1, 0.15) is 5.69 Å². The number of aryl methyl sites for hydroxylation is 1. The van der Waals surface area contributed by atoms with Crippen LogP contribution in [0.4, 0.5) is 28.4 Å². The molecule has 1 heterocycles. The van der Waals surface area contributed by atoms with E-state index in [0.717, 1.165) is 41.8 Å². The van der Waals surface area contributed by atoms with E-state index in [-0.39, 0.29) is 57.3 Å². The van der Waals surface area contributed by atoms with Gasteiger partial charge in [-0.1, -0.05) is 90.9 Å². The molecule has 0 unspecified atom stereocenters. The van der Waals surface area contributed by atoms with Crippen molar-refractivity contribution >= 4 is 49.2 Å². The third kappa shape index (κ3) is 8.25. The number of primary sulfonamides is 1. The molecule has 0 amide bonds. The number of nitrogens with zero attached hydrogens (tertiary/aromatic N) is 7. The summed E-state index contributed by atoms with van der Waals surface area (Å²) in [5, 5.41) is 71.9. The Morgan fingerprint density at radius 3 is 2.00 bits per heavy atom. The zero-order valence-corrected chi connectivity index (χ0v) is 27.4. The molecule has 254 valence electrons.